The number of hydrogen-bond donors (Lipinski definition) is 0. The maximum absolute atomic E-state index is 11.9. The maximum atomic E-state index is 11.9. The summed E-state index contributed by atoms with van der Waals surface area (Å²) in [5, 5.41) is 11.0. The number of carboxylic acids is 1. The maximum Gasteiger partial charge on any atom is 1.00 e. The summed E-state index contributed by atoms with van der Waals surface area (Å²) in [6, 6.07) is 8.76. The van der Waals surface area contributed by atoms with Gasteiger partial charge in [0.2, 0.25) is 0 Å². The number of carboxylic acid groups (broad SMARTS) is 1. The molecule has 0 aliphatic carbocycles. The number of benzene rings is 1. The molecule has 0 amide bonds. The molecular weight excluding hydrogens is 333 g/mol. The zero-order valence-electron chi connectivity index (χ0n) is 11.4. The molecule has 0 fully saturated rings. The van der Waals surface area contributed by atoms with E-state index >= 15 is 0 Å². The summed E-state index contributed by atoms with van der Waals surface area (Å²) in [7, 11) is 1.72. The van der Waals surface area contributed by atoms with Crippen LogP contribution in [0.1, 0.15) is 16.1 Å². The third-order valence-electron chi connectivity index (χ3n) is 3.08. The van der Waals surface area contributed by atoms with Crippen molar-refractivity contribution in [2.75, 3.05) is 0 Å². The predicted octanol–water partition coefficient (Wildman–Crippen LogP) is -1.51. The molecule has 1 heterocycles. The van der Waals surface area contributed by atoms with E-state index in [2.05, 4.69) is 15.9 Å². The summed E-state index contributed by atoms with van der Waals surface area (Å²) in [5.41, 5.74) is 1.07. The van der Waals surface area contributed by atoms with Gasteiger partial charge in [0.1, 0.15) is 0 Å². The van der Waals surface area contributed by atoms with E-state index in [4.69, 9.17) is 0 Å². The van der Waals surface area contributed by atoms with Crippen molar-refractivity contribution in [1.29, 1.82) is 0 Å². The Morgan fingerprint density at radius 3 is 2.30 bits per heavy atom. The molecule has 0 saturated heterocycles. The number of carbonyl (C=O) groups is 1. The van der Waals surface area contributed by atoms with Crippen LogP contribution in [0.2, 0.25) is 0 Å². The standard InChI is InChI=1S/C14H12BrNO3.Na/c1-8-13(14(18)19)12(17)7-11(16(8)2)9-3-5-10(15)6-4-9;/h3-7H,1-2H3,(H,18,19);/q;+1/p-1. The van der Waals surface area contributed by atoms with Crippen LogP contribution in [0.15, 0.2) is 39.6 Å². The smallest absolute Gasteiger partial charge is 0.545 e. The van der Waals surface area contributed by atoms with Crippen molar-refractivity contribution in [1.82, 2.24) is 4.57 Å². The monoisotopic (exact) mass is 343 g/mol. The van der Waals surface area contributed by atoms with Gasteiger partial charge in [-0.15, -0.1) is 0 Å². The minimum absolute atomic E-state index is 0. The van der Waals surface area contributed by atoms with Gasteiger partial charge in [0.25, 0.3) is 0 Å². The summed E-state index contributed by atoms with van der Waals surface area (Å²) in [4.78, 5) is 22.8. The number of carbonyl (C=O) groups excluding carboxylic acids is 1. The molecule has 6 heteroatoms. The molecule has 98 valence electrons. The fourth-order valence-corrected chi connectivity index (χ4v) is 2.23. The van der Waals surface area contributed by atoms with E-state index < -0.39 is 11.4 Å². The summed E-state index contributed by atoms with van der Waals surface area (Å²) >= 11 is 3.34. The fourth-order valence-electron chi connectivity index (χ4n) is 1.97. The molecule has 2 rings (SSSR count). The third-order valence-corrected chi connectivity index (χ3v) is 3.61. The van der Waals surface area contributed by atoms with Crippen LogP contribution in [-0.4, -0.2) is 10.5 Å². The second-order valence-electron chi connectivity index (χ2n) is 4.21. The van der Waals surface area contributed by atoms with Crippen LogP contribution in [0.3, 0.4) is 0 Å². The molecule has 0 spiro atoms. The molecule has 4 nitrogen and oxygen atoms in total. The number of aromatic carboxylic acids is 1. The molecular formula is C14H11BrNNaO3. The summed E-state index contributed by atoms with van der Waals surface area (Å²) < 4.78 is 2.61. The first kappa shape index (κ1) is 17.2. The quantitative estimate of drug-likeness (QED) is 0.623. The number of pyridine rings is 1. The molecule has 0 aliphatic heterocycles. The van der Waals surface area contributed by atoms with Gasteiger partial charge < -0.3 is 14.5 Å². The van der Waals surface area contributed by atoms with Gasteiger partial charge in [0, 0.05) is 23.3 Å². The van der Waals surface area contributed by atoms with E-state index in [1.807, 2.05) is 24.3 Å². The van der Waals surface area contributed by atoms with Crippen molar-refractivity contribution in [3.8, 4) is 11.3 Å². The van der Waals surface area contributed by atoms with Crippen LogP contribution >= 0.6 is 15.9 Å². The van der Waals surface area contributed by atoms with Gasteiger partial charge in [-0.05, 0) is 24.6 Å². The second-order valence-corrected chi connectivity index (χ2v) is 5.12. The number of nitrogens with zero attached hydrogens (tertiary/aromatic N) is 1. The molecule has 0 unspecified atom stereocenters. The Balaban J connectivity index is 0.00000200. The molecule has 1 aromatic carbocycles. The zero-order valence-corrected chi connectivity index (χ0v) is 15.0. The molecule has 0 aliphatic rings. The Morgan fingerprint density at radius 1 is 1.25 bits per heavy atom. The van der Waals surface area contributed by atoms with Crippen LogP contribution in [0.5, 0.6) is 0 Å². The van der Waals surface area contributed by atoms with Gasteiger partial charge in [-0.3, -0.25) is 4.79 Å². The zero-order chi connectivity index (χ0) is 14.2. The topological polar surface area (TPSA) is 62.1 Å². The first-order valence-electron chi connectivity index (χ1n) is 5.59. The average molecular weight is 344 g/mol. The minimum Gasteiger partial charge on any atom is -0.545 e. The molecule has 0 atom stereocenters. The second kappa shape index (κ2) is 6.72. The largest absolute Gasteiger partial charge is 1.00 e. The van der Waals surface area contributed by atoms with Gasteiger partial charge >= 0.3 is 29.6 Å². The average Bonchev–Trinajstić information content (AvgIpc) is 2.34. The summed E-state index contributed by atoms with van der Waals surface area (Å²) in [5.74, 6) is -1.44. The summed E-state index contributed by atoms with van der Waals surface area (Å²) in [6.45, 7) is 1.59. The molecule has 0 bridgehead atoms. The number of hydrogen-bond acceptors (Lipinski definition) is 3. The van der Waals surface area contributed by atoms with E-state index in [9.17, 15) is 14.7 Å². The number of aromatic nitrogens is 1. The van der Waals surface area contributed by atoms with Crippen LogP contribution in [0.4, 0.5) is 0 Å². The van der Waals surface area contributed by atoms with Crippen LogP contribution in [-0.2, 0) is 7.05 Å². The Morgan fingerprint density at radius 2 is 1.80 bits per heavy atom. The molecule has 1 aromatic heterocycles. The van der Waals surface area contributed by atoms with Crippen molar-refractivity contribution < 1.29 is 39.5 Å². The normalized spacial score (nSPS) is 9.95. The first-order chi connectivity index (χ1) is 8.91. The van der Waals surface area contributed by atoms with E-state index in [-0.39, 0.29) is 35.1 Å². The van der Waals surface area contributed by atoms with Crippen LogP contribution < -0.4 is 40.1 Å². The van der Waals surface area contributed by atoms with Gasteiger partial charge in [-0.2, -0.15) is 0 Å². The molecule has 0 saturated carbocycles. The van der Waals surface area contributed by atoms with Gasteiger partial charge in [0.15, 0.2) is 5.43 Å². The van der Waals surface area contributed by atoms with Crippen LogP contribution in [0.25, 0.3) is 11.3 Å². The fraction of sp³-hybridized carbons (Fsp3) is 0.143. The van der Waals surface area contributed by atoms with Crippen molar-refractivity contribution >= 4 is 21.9 Å². The Labute approximate surface area is 146 Å². The van der Waals surface area contributed by atoms with E-state index in [1.54, 1.807) is 18.5 Å². The van der Waals surface area contributed by atoms with Crippen LogP contribution in [0, 0.1) is 6.92 Å². The van der Waals surface area contributed by atoms with E-state index in [0.29, 0.717) is 11.4 Å². The van der Waals surface area contributed by atoms with E-state index in [1.165, 1.54) is 6.07 Å². The van der Waals surface area contributed by atoms with Gasteiger partial charge in [-0.25, -0.2) is 0 Å². The van der Waals surface area contributed by atoms with Crippen molar-refractivity contribution in [3.05, 3.63) is 56.3 Å². The minimum atomic E-state index is -1.44. The summed E-state index contributed by atoms with van der Waals surface area (Å²) in [6.07, 6.45) is 0. The van der Waals surface area contributed by atoms with Gasteiger partial charge in [0.05, 0.1) is 17.2 Å². The molecule has 0 N–H and O–H groups in total. The first-order valence-corrected chi connectivity index (χ1v) is 6.39. The SMILES string of the molecule is Cc1c(C(=O)[O-])c(=O)cc(-c2ccc(Br)cc2)n1C.[Na+]. The molecule has 0 radical (unpaired) electrons. The number of halogens is 1. The Hall–Kier alpha value is -0.880. The van der Waals surface area contributed by atoms with Gasteiger partial charge in [-0.1, -0.05) is 28.1 Å². The third kappa shape index (κ3) is 3.23. The predicted molar refractivity (Wildman–Crippen MR) is 73.9 cm³/mol. The number of rotatable bonds is 2. The van der Waals surface area contributed by atoms with E-state index in [0.717, 1.165) is 10.0 Å². The van der Waals surface area contributed by atoms with Crippen molar-refractivity contribution in [2.24, 2.45) is 7.05 Å². The van der Waals surface area contributed by atoms with Crippen molar-refractivity contribution in [3.63, 3.8) is 0 Å². The Kier molecular flexibility index (Phi) is 5.77. The molecule has 20 heavy (non-hydrogen) atoms. The Bertz CT molecular complexity index is 708. The van der Waals surface area contributed by atoms with Crippen molar-refractivity contribution in [2.45, 2.75) is 6.92 Å². The molecule has 2 aromatic rings.